The molecule has 3 N–H and O–H groups in total. The maximum absolute atomic E-state index is 10.7. The zero-order valence-electron chi connectivity index (χ0n) is 12.1. The molecule has 1 fully saturated rings. The van der Waals surface area contributed by atoms with Crippen molar-refractivity contribution >= 4 is 17.1 Å². The highest BCUT2D eigenvalue weighted by molar-refractivity contribution is 5.69. The lowest BCUT2D eigenvalue weighted by atomic mass is 9.80. The van der Waals surface area contributed by atoms with Crippen LogP contribution in [-0.4, -0.2) is 36.5 Å². The predicted molar refractivity (Wildman–Crippen MR) is 80.8 cm³/mol. The van der Waals surface area contributed by atoms with Gasteiger partial charge >= 0.3 is 0 Å². The molecule has 0 saturated carbocycles. The van der Waals surface area contributed by atoms with Gasteiger partial charge in [0, 0.05) is 18.7 Å². The van der Waals surface area contributed by atoms with Gasteiger partial charge in [0.1, 0.15) is 0 Å². The van der Waals surface area contributed by atoms with Crippen LogP contribution in [-0.2, 0) is 0 Å². The number of hydrogen-bond acceptors (Lipinski definition) is 5. The molecule has 0 aliphatic carbocycles. The molecular formula is C14H22N4O2. The van der Waals surface area contributed by atoms with Crippen molar-refractivity contribution in [2.45, 2.75) is 19.8 Å². The average Bonchev–Trinajstić information content (AvgIpc) is 2.41. The fourth-order valence-corrected chi connectivity index (χ4v) is 2.47. The van der Waals surface area contributed by atoms with Gasteiger partial charge in [-0.3, -0.25) is 10.1 Å². The minimum Gasteiger partial charge on any atom is -0.397 e. The van der Waals surface area contributed by atoms with Crippen molar-refractivity contribution in [3.05, 3.63) is 28.3 Å². The lowest BCUT2D eigenvalue weighted by molar-refractivity contribution is -0.384. The summed E-state index contributed by atoms with van der Waals surface area (Å²) < 4.78 is 0. The Labute approximate surface area is 119 Å². The van der Waals surface area contributed by atoms with Gasteiger partial charge in [0.15, 0.2) is 0 Å². The molecule has 1 aliphatic heterocycles. The van der Waals surface area contributed by atoms with Crippen molar-refractivity contribution in [2.75, 3.05) is 37.7 Å². The van der Waals surface area contributed by atoms with Crippen LogP contribution in [0, 0.1) is 15.5 Å². The van der Waals surface area contributed by atoms with Gasteiger partial charge in [-0.05, 0) is 44.5 Å². The third-order valence-electron chi connectivity index (χ3n) is 4.15. The zero-order valence-corrected chi connectivity index (χ0v) is 12.1. The molecule has 110 valence electrons. The molecule has 6 nitrogen and oxygen atoms in total. The van der Waals surface area contributed by atoms with Gasteiger partial charge < -0.3 is 16.0 Å². The Hall–Kier alpha value is -1.82. The Morgan fingerprint density at radius 2 is 2.10 bits per heavy atom. The largest absolute Gasteiger partial charge is 0.397 e. The van der Waals surface area contributed by atoms with Gasteiger partial charge in [-0.2, -0.15) is 0 Å². The first kappa shape index (κ1) is 14.6. The van der Waals surface area contributed by atoms with Crippen LogP contribution in [0.1, 0.15) is 19.8 Å². The molecule has 1 aliphatic rings. The summed E-state index contributed by atoms with van der Waals surface area (Å²) in [6.07, 6.45) is 2.28. The molecule has 0 bridgehead atoms. The number of nitrogens with one attached hydrogen (secondary N) is 1. The van der Waals surface area contributed by atoms with Crippen LogP contribution >= 0.6 is 0 Å². The van der Waals surface area contributed by atoms with E-state index in [0.717, 1.165) is 38.2 Å². The van der Waals surface area contributed by atoms with Crippen LogP contribution in [0.3, 0.4) is 0 Å². The molecule has 0 amide bonds. The van der Waals surface area contributed by atoms with Crippen LogP contribution < -0.4 is 11.1 Å². The summed E-state index contributed by atoms with van der Waals surface area (Å²) in [4.78, 5) is 12.6. The number of piperidine rings is 1. The molecule has 1 aromatic carbocycles. The molecule has 0 atom stereocenters. The van der Waals surface area contributed by atoms with E-state index in [2.05, 4.69) is 24.2 Å². The number of benzene rings is 1. The fourth-order valence-electron chi connectivity index (χ4n) is 2.47. The van der Waals surface area contributed by atoms with E-state index in [-0.39, 0.29) is 11.1 Å². The quantitative estimate of drug-likeness (QED) is 0.501. The second kappa shape index (κ2) is 5.66. The first-order chi connectivity index (χ1) is 9.39. The number of likely N-dealkylation sites (tertiary alicyclic amines) is 1. The van der Waals surface area contributed by atoms with Gasteiger partial charge in [0.2, 0.25) is 0 Å². The molecule has 0 unspecified atom stereocenters. The van der Waals surface area contributed by atoms with Crippen molar-refractivity contribution in [1.82, 2.24) is 4.90 Å². The molecule has 1 aromatic rings. The van der Waals surface area contributed by atoms with Crippen LogP contribution in [0.2, 0.25) is 0 Å². The summed E-state index contributed by atoms with van der Waals surface area (Å²) in [5.74, 6) is 0. The number of nitro benzene ring substituents is 1. The molecule has 20 heavy (non-hydrogen) atoms. The Balaban J connectivity index is 1.99. The molecule has 6 heteroatoms. The molecule has 0 aromatic heterocycles. The van der Waals surface area contributed by atoms with E-state index in [0.29, 0.717) is 5.69 Å². The van der Waals surface area contributed by atoms with Crippen molar-refractivity contribution in [3.63, 3.8) is 0 Å². The molecule has 1 saturated heterocycles. The smallest absolute Gasteiger partial charge is 0.271 e. The van der Waals surface area contributed by atoms with Crippen LogP contribution in [0.25, 0.3) is 0 Å². The second-order valence-electron chi connectivity index (χ2n) is 6.00. The van der Waals surface area contributed by atoms with E-state index in [1.54, 1.807) is 6.07 Å². The average molecular weight is 278 g/mol. The SMILES string of the molecule is CN1CCC(C)(CNc2ccc([N+](=O)[O-])cc2N)CC1. The van der Waals surface area contributed by atoms with Crippen molar-refractivity contribution in [2.24, 2.45) is 5.41 Å². The molecule has 0 radical (unpaired) electrons. The summed E-state index contributed by atoms with van der Waals surface area (Å²) in [5.41, 5.74) is 7.34. The van der Waals surface area contributed by atoms with E-state index >= 15 is 0 Å². The van der Waals surface area contributed by atoms with E-state index in [9.17, 15) is 10.1 Å². The summed E-state index contributed by atoms with van der Waals surface area (Å²) in [5, 5.41) is 14.0. The third-order valence-corrected chi connectivity index (χ3v) is 4.15. The van der Waals surface area contributed by atoms with E-state index in [1.165, 1.54) is 12.1 Å². The minimum atomic E-state index is -0.432. The molecule has 0 spiro atoms. The highest BCUT2D eigenvalue weighted by Gasteiger charge is 2.28. The monoisotopic (exact) mass is 278 g/mol. The maximum Gasteiger partial charge on any atom is 0.271 e. The summed E-state index contributed by atoms with van der Waals surface area (Å²) in [7, 11) is 2.14. The van der Waals surface area contributed by atoms with Gasteiger partial charge in [-0.1, -0.05) is 6.92 Å². The topological polar surface area (TPSA) is 84.4 Å². The first-order valence-electron chi connectivity index (χ1n) is 6.86. The number of nitrogens with two attached hydrogens (primary N) is 1. The molecule has 2 rings (SSSR count). The number of nitrogen functional groups attached to an aromatic ring is 1. The molecular weight excluding hydrogens is 256 g/mol. The van der Waals surface area contributed by atoms with Crippen molar-refractivity contribution in [1.29, 1.82) is 0 Å². The lowest BCUT2D eigenvalue weighted by Gasteiger charge is -2.38. The number of hydrogen-bond donors (Lipinski definition) is 2. The summed E-state index contributed by atoms with van der Waals surface area (Å²) >= 11 is 0. The summed E-state index contributed by atoms with van der Waals surface area (Å²) in [6, 6.07) is 4.57. The standard InChI is InChI=1S/C14H22N4O2/c1-14(5-7-17(2)8-6-14)10-16-13-4-3-11(18(19)20)9-12(13)15/h3-4,9,16H,5-8,10,15H2,1-2H3. The highest BCUT2D eigenvalue weighted by Crippen LogP contribution is 2.32. The van der Waals surface area contributed by atoms with Crippen molar-refractivity contribution in [3.8, 4) is 0 Å². The highest BCUT2D eigenvalue weighted by atomic mass is 16.6. The Morgan fingerprint density at radius 1 is 1.45 bits per heavy atom. The van der Waals surface area contributed by atoms with Crippen LogP contribution in [0.5, 0.6) is 0 Å². The summed E-state index contributed by atoms with van der Waals surface area (Å²) in [6.45, 7) is 5.32. The van der Waals surface area contributed by atoms with Gasteiger partial charge in [0.25, 0.3) is 5.69 Å². The van der Waals surface area contributed by atoms with Crippen LogP contribution in [0.4, 0.5) is 17.1 Å². The van der Waals surface area contributed by atoms with Crippen molar-refractivity contribution < 1.29 is 4.92 Å². The van der Waals surface area contributed by atoms with Gasteiger partial charge in [0.05, 0.1) is 16.3 Å². The van der Waals surface area contributed by atoms with E-state index in [4.69, 9.17) is 5.73 Å². The first-order valence-corrected chi connectivity index (χ1v) is 6.86. The normalized spacial score (nSPS) is 18.7. The second-order valence-corrected chi connectivity index (χ2v) is 6.00. The van der Waals surface area contributed by atoms with E-state index < -0.39 is 4.92 Å². The lowest BCUT2D eigenvalue weighted by Crippen LogP contribution is -2.40. The third kappa shape index (κ3) is 3.39. The fraction of sp³-hybridized carbons (Fsp3) is 0.571. The predicted octanol–water partition coefficient (Wildman–Crippen LogP) is 2.32. The maximum atomic E-state index is 10.7. The Morgan fingerprint density at radius 3 is 2.65 bits per heavy atom. The minimum absolute atomic E-state index is 0.0264. The number of anilines is 2. The zero-order chi connectivity index (χ0) is 14.8. The number of rotatable bonds is 4. The number of non-ortho nitro benzene ring substituents is 1. The van der Waals surface area contributed by atoms with Gasteiger partial charge in [-0.25, -0.2) is 0 Å². The number of nitrogens with zero attached hydrogens (tertiary/aromatic N) is 2. The molecule has 1 heterocycles. The van der Waals surface area contributed by atoms with E-state index in [1.807, 2.05) is 0 Å². The van der Waals surface area contributed by atoms with Crippen LogP contribution in [0.15, 0.2) is 18.2 Å². The Bertz CT molecular complexity index is 496. The van der Waals surface area contributed by atoms with Gasteiger partial charge in [-0.15, -0.1) is 0 Å². The Kier molecular flexibility index (Phi) is 4.13. The number of nitro groups is 1.